The second-order valence-electron chi connectivity index (χ2n) is 4.95. The van der Waals surface area contributed by atoms with Crippen LogP contribution in [0.1, 0.15) is 23.2 Å². The van der Waals surface area contributed by atoms with Gasteiger partial charge in [-0.3, -0.25) is 14.9 Å². The zero-order valence-electron chi connectivity index (χ0n) is 11.3. The normalized spacial score (nSPS) is 18.0. The zero-order valence-corrected chi connectivity index (χ0v) is 12.9. The predicted octanol–water partition coefficient (Wildman–Crippen LogP) is 2.48. The van der Waals surface area contributed by atoms with Crippen LogP contribution in [0, 0.1) is 16.0 Å². The number of carbonyl (C=O) groups excluding carboxylic acids is 1. The minimum absolute atomic E-state index is 0. The van der Waals surface area contributed by atoms with Crippen molar-refractivity contribution in [3.63, 3.8) is 0 Å². The number of likely N-dealkylation sites (tertiary alicyclic amines) is 1. The van der Waals surface area contributed by atoms with Gasteiger partial charge in [0.05, 0.1) is 4.92 Å². The van der Waals surface area contributed by atoms with Crippen molar-refractivity contribution in [2.24, 2.45) is 11.7 Å². The average Bonchev–Trinajstić information content (AvgIpc) is 2.45. The van der Waals surface area contributed by atoms with Crippen molar-refractivity contribution in [2.75, 3.05) is 19.6 Å². The van der Waals surface area contributed by atoms with Crippen LogP contribution in [-0.4, -0.2) is 35.4 Å². The average molecular weight is 334 g/mol. The number of nitro benzene ring substituents is 1. The second-order valence-corrected chi connectivity index (χ2v) is 5.39. The summed E-state index contributed by atoms with van der Waals surface area (Å²) in [4.78, 5) is 24.3. The van der Waals surface area contributed by atoms with Gasteiger partial charge in [-0.2, -0.15) is 0 Å². The molecule has 8 heteroatoms. The van der Waals surface area contributed by atoms with Crippen LogP contribution in [-0.2, 0) is 0 Å². The number of rotatable bonds is 3. The van der Waals surface area contributed by atoms with E-state index in [0.717, 1.165) is 12.8 Å². The molecule has 0 aliphatic carbocycles. The molecule has 21 heavy (non-hydrogen) atoms. The lowest BCUT2D eigenvalue weighted by Gasteiger charge is -2.32. The molecule has 1 unspecified atom stereocenters. The van der Waals surface area contributed by atoms with E-state index in [1.54, 1.807) is 4.90 Å². The summed E-state index contributed by atoms with van der Waals surface area (Å²) < 4.78 is 0. The topological polar surface area (TPSA) is 89.5 Å². The quantitative estimate of drug-likeness (QED) is 0.679. The molecule has 0 bridgehead atoms. The van der Waals surface area contributed by atoms with Gasteiger partial charge in [0.25, 0.3) is 11.6 Å². The van der Waals surface area contributed by atoms with E-state index in [2.05, 4.69) is 0 Å². The number of nitrogens with zero attached hydrogens (tertiary/aromatic N) is 2. The lowest BCUT2D eigenvalue weighted by Crippen LogP contribution is -2.42. The SMILES string of the molecule is Cl.NCC1CCCN(C(=O)c2cc(Cl)cc([N+](=O)[O-])c2)C1. The minimum Gasteiger partial charge on any atom is -0.338 e. The van der Waals surface area contributed by atoms with Gasteiger partial charge in [0.1, 0.15) is 0 Å². The van der Waals surface area contributed by atoms with Gasteiger partial charge in [-0.15, -0.1) is 12.4 Å². The van der Waals surface area contributed by atoms with E-state index < -0.39 is 4.92 Å². The van der Waals surface area contributed by atoms with Crippen molar-refractivity contribution in [3.05, 3.63) is 38.9 Å². The number of halogens is 2. The Morgan fingerprint density at radius 3 is 2.81 bits per heavy atom. The number of benzene rings is 1. The van der Waals surface area contributed by atoms with Gasteiger partial charge in [0.15, 0.2) is 0 Å². The number of nitro groups is 1. The highest BCUT2D eigenvalue weighted by Crippen LogP contribution is 2.24. The highest BCUT2D eigenvalue weighted by Gasteiger charge is 2.25. The molecule has 1 heterocycles. The van der Waals surface area contributed by atoms with Gasteiger partial charge in [0, 0.05) is 35.8 Å². The third-order valence-electron chi connectivity index (χ3n) is 3.48. The summed E-state index contributed by atoms with van der Waals surface area (Å²) in [5.74, 6) is 0.0654. The Bertz CT molecular complexity index is 539. The summed E-state index contributed by atoms with van der Waals surface area (Å²) >= 11 is 5.84. The first kappa shape index (κ1) is 17.7. The molecule has 1 saturated heterocycles. The van der Waals surface area contributed by atoms with Crippen molar-refractivity contribution in [2.45, 2.75) is 12.8 Å². The third-order valence-corrected chi connectivity index (χ3v) is 3.70. The fraction of sp³-hybridized carbons (Fsp3) is 0.462. The Balaban J connectivity index is 0.00000220. The van der Waals surface area contributed by atoms with Gasteiger partial charge in [-0.1, -0.05) is 11.6 Å². The number of hydrogen-bond donors (Lipinski definition) is 1. The van der Waals surface area contributed by atoms with E-state index in [9.17, 15) is 14.9 Å². The fourth-order valence-corrected chi connectivity index (χ4v) is 2.66. The molecule has 1 aliphatic heterocycles. The first-order valence-electron chi connectivity index (χ1n) is 6.45. The van der Waals surface area contributed by atoms with Crippen LogP contribution in [0.25, 0.3) is 0 Å². The Morgan fingerprint density at radius 1 is 1.48 bits per heavy atom. The van der Waals surface area contributed by atoms with Gasteiger partial charge >= 0.3 is 0 Å². The molecule has 1 atom stereocenters. The third kappa shape index (κ3) is 4.30. The molecule has 1 aromatic rings. The molecule has 1 aliphatic rings. The summed E-state index contributed by atoms with van der Waals surface area (Å²) in [5, 5.41) is 11.0. The van der Waals surface area contributed by atoms with E-state index in [0.29, 0.717) is 25.6 Å². The predicted molar refractivity (Wildman–Crippen MR) is 83.0 cm³/mol. The first-order valence-corrected chi connectivity index (χ1v) is 6.83. The smallest absolute Gasteiger partial charge is 0.271 e. The van der Waals surface area contributed by atoms with E-state index >= 15 is 0 Å². The van der Waals surface area contributed by atoms with Crippen molar-refractivity contribution < 1.29 is 9.72 Å². The molecule has 0 saturated carbocycles. The Labute approximate surface area is 133 Å². The van der Waals surface area contributed by atoms with Crippen LogP contribution in [0.2, 0.25) is 5.02 Å². The van der Waals surface area contributed by atoms with Crippen LogP contribution < -0.4 is 5.73 Å². The maximum atomic E-state index is 12.4. The lowest BCUT2D eigenvalue weighted by molar-refractivity contribution is -0.384. The van der Waals surface area contributed by atoms with Gasteiger partial charge in [0.2, 0.25) is 0 Å². The number of nitrogens with two attached hydrogens (primary N) is 1. The van der Waals surface area contributed by atoms with E-state index in [4.69, 9.17) is 17.3 Å². The Kier molecular flexibility index (Phi) is 6.39. The number of carbonyl (C=O) groups is 1. The monoisotopic (exact) mass is 333 g/mol. The number of non-ortho nitro benzene ring substituents is 1. The molecule has 0 spiro atoms. The largest absolute Gasteiger partial charge is 0.338 e. The summed E-state index contributed by atoms with van der Waals surface area (Å²) in [7, 11) is 0. The molecule has 6 nitrogen and oxygen atoms in total. The summed E-state index contributed by atoms with van der Waals surface area (Å²) in [5.41, 5.74) is 5.72. The number of amides is 1. The summed E-state index contributed by atoms with van der Waals surface area (Å²) in [6, 6.07) is 3.96. The van der Waals surface area contributed by atoms with Crippen molar-refractivity contribution in [3.8, 4) is 0 Å². The van der Waals surface area contributed by atoms with Crippen LogP contribution >= 0.6 is 24.0 Å². The van der Waals surface area contributed by atoms with E-state index in [1.807, 2.05) is 0 Å². The highest BCUT2D eigenvalue weighted by atomic mass is 35.5. The van der Waals surface area contributed by atoms with Gasteiger partial charge < -0.3 is 10.6 Å². The standard InChI is InChI=1S/C13H16ClN3O3.ClH/c14-11-4-10(5-12(6-11)17(19)20)13(18)16-3-1-2-9(7-15)8-16;/h4-6,9H,1-3,7-8,15H2;1H. The summed E-state index contributed by atoms with van der Waals surface area (Å²) in [6.07, 6.45) is 1.91. The maximum Gasteiger partial charge on any atom is 0.271 e. The van der Waals surface area contributed by atoms with Crippen LogP contribution in [0.4, 0.5) is 5.69 Å². The molecule has 1 aromatic carbocycles. The molecule has 116 valence electrons. The maximum absolute atomic E-state index is 12.4. The zero-order chi connectivity index (χ0) is 14.7. The lowest BCUT2D eigenvalue weighted by atomic mass is 9.97. The van der Waals surface area contributed by atoms with Crippen molar-refractivity contribution in [1.82, 2.24) is 4.90 Å². The molecule has 0 aromatic heterocycles. The molecule has 0 radical (unpaired) electrons. The molecule has 1 amide bonds. The Hall–Kier alpha value is -1.37. The number of piperidine rings is 1. The van der Waals surface area contributed by atoms with Crippen LogP contribution in [0.3, 0.4) is 0 Å². The van der Waals surface area contributed by atoms with Gasteiger partial charge in [-0.25, -0.2) is 0 Å². The van der Waals surface area contributed by atoms with Crippen LogP contribution in [0.15, 0.2) is 18.2 Å². The number of hydrogen-bond acceptors (Lipinski definition) is 4. The second kappa shape index (κ2) is 7.59. The summed E-state index contributed by atoms with van der Waals surface area (Å²) in [6.45, 7) is 1.78. The molecular formula is C13H17Cl2N3O3. The molecule has 1 fully saturated rings. The van der Waals surface area contributed by atoms with Crippen LogP contribution in [0.5, 0.6) is 0 Å². The fourth-order valence-electron chi connectivity index (χ4n) is 2.43. The molecule has 2 rings (SSSR count). The molecular weight excluding hydrogens is 317 g/mol. The highest BCUT2D eigenvalue weighted by molar-refractivity contribution is 6.31. The van der Waals surface area contributed by atoms with E-state index in [1.165, 1.54) is 18.2 Å². The molecule has 2 N–H and O–H groups in total. The van der Waals surface area contributed by atoms with Crippen molar-refractivity contribution >= 4 is 35.6 Å². The van der Waals surface area contributed by atoms with Gasteiger partial charge in [-0.05, 0) is 31.4 Å². The first-order chi connectivity index (χ1) is 9.51. The van der Waals surface area contributed by atoms with E-state index in [-0.39, 0.29) is 34.6 Å². The van der Waals surface area contributed by atoms with Crippen molar-refractivity contribution in [1.29, 1.82) is 0 Å². The Morgan fingerprint density at radius 2 is 2.19 bits per heavy atom. The minimum atomic E-state index is -0.554.